The second-order valence-corrected chi connectivity index (χ2v) is 11.2. The minimum Gasteiger partial charge on any atom is -0.493 e. The second-order valence-electron chi connectivity index (χ2n) is 11.2. The van der Waals surface area contributed by atoms with Crippen LogP contribution in [0.3, 0.4) is 0 Å². The van der Waals surface area contributed by atoms with Crippen molar-refractivity contribution in [2.24, 2.45) is 11.8 Å². The standard InChI is InChI=1S/C29H46N4O5/c1-21(2)32(28(34)22-8-11-26(37-4)27(16-22)38-15-7-14-36-3)19-23-17-30-18-24(23)20-33(25-9-10-25)29(35)31-12-5-6-13-31/h8,11,16,21,23-25,30H,5-7,9-10,12-15,17-20H2,1-4H3/t23-,24-/m0/s1. The van der Waals surface area contributed by atoms with E-state index in [1.807, 2.05) is 15.9 Å². The normalized spacial score (nSPS) is 21.1. The molecule has 3 aliphatic rings. The van der Waals surface area contributed by atoms with Gasteiger partial charge in [0, 0.05) is 77.1 Å². The molecule has 1 N–H and O–H groups in total. The number of benzene rings is 1. The molecule has 2 atom stereocenters. The maximum absolute atomic E-state index is 13.7. The van der Waals surface area contributed by atoms with Crippen molar-refractivity contribution in [3.8, 4) is 11.5 Å². The number of hydrogen-bond acceptors (Lipinski definition) is 6. The van der Waals surface area contributed by atoms with Crippen LogP contribution < -0.4 is 14.8 Å². The molecule has 212 valence electrons. The van der Waals surface area contributed by atoms with Crippen molar-refractivity contribution in [2.45, 2.75) is 58.0 Å². The number of nitrogens with one attached hydrogen (secondary N) is 1. The number of methoxy groups -OCH3 is 2. The number of rotatable bonds is 13. The van der Waals surface area contributed by atoms with Gasteiger partial charge in [0.05, 0.1) is 13.7 Å². The maximum atomic E-state index is 13.7. The summed E-state index contributed by atoms with van der Waals surface area (Å²) in [4.78, 5) is 33.2. The third kappa shape index (κ3) is 7.11. The van der Waals surface area contributed by atoms with Gasteiger partial charge in [-0.05, 0) is 69.6 Å². The molecule has 0 unspecified atom stereocenters. The molecule has 2 heterocycles. The number of likely N-dealkylation sites (tertiary alicyclic amines) is 1. The molecule has 0 spiro atoms. The fourth-order valence-corrected chi connectivity index (χ4v) is 5.58. The minimum absolute atomic E-state index is 0.0118. The van der Waals surface area contributed by atoms with Crippen LogP contribution in [0, 0.1) is 11.8 Å². The van der Waals surface area contributed by atoms with Crippen molar-refractivity contribution in [3.05, 3.63) is 23.8 Å². The van der Waals surface area contributed by atoms with Gasteiger partial charge in [0.25, 0.3) is 5.91 Å². The predicted octanol–water partition coefficient (Wildman–Crippen LogP) is 3.48. The Kier molecular flexibility index (Phi) is 10.1. The van der Waals surface area contributed by atoms with Gasteiger partial charge in [-0.1, -0.05) is 0 Å². The zero-order valence-corrected chi connectivity index (χ0v) is 23.6. The molecule has 3 amide bonds. The fourth-order valence-electron chi connectivity index (χ4n) is 5.58. The lowest BCUT2D eigenvalue weighted by Crippen LogP contribution is -2.48. The van der Waals surface area contributed by atoms with E-state index in [2.05, 4.69) is 24.1 Å². The Balaban J connectivity index is 1.43. The van der Waals surface area contributed by atoms with E-state index in [-0.39, 0.29) is 23.9 Å². The van der Waals surface area contributed by atoms with E-state index in [9.17, 15) is 9.59 Å². The first kappa shape index (κ1) is 28.5. The number of ether oxygens (including phenoxy) is 3. The van der Waals surface area contributed by atoms with Crippen LogP contribution in [0.25, 0.3) is 0 Å². The van der Waals surface area contributed by atoms with Gasteiger partial charge in [-0.15, -0.1) is 0 Å². The molecule has 0 bridgehead atoms. The molecule has 0 radical (unpaired) electrons. The van der Waals surface area contributed by atoms with Gasteiger partial charge in [-0.3, -0.25) is 4.79 Å². The molecule has 1 aliphatic carbocycles. The lowest BCUT2D eigenvalue weighted by molar-refractivity contribution is 0.0650. The van der Waals surface area contributed by atoms with Crippen LogP contribution in [-0.4, -0.2) is 105 Å². The molecule has 0 aromatic heterocycles. The number of carbonyl (C=O) groups excluding carboxylic acids is 2. The van der Waals surface area contributed by atoms with Crippen LogP contribution in [-0.2, 0) is 4.74 Å². The first-order chi connectivity index (χ1) is 18.4. The van der Waals surface area contributed by atoms with E-state index in [0.29, 0.717) is 48.8 Å². The number of nitrogens with zero attached hydrogens (tertiary/aromatic N) is 3. The van der Waals surface area contributed by atoms with Crippen LogP contribution in [0.2, 0.25) is 0 Å². The Morgan fingerprint density at radius 3 is 2.37 bits per heavy atom. The maximum Gasteiger partial charge on any atom is 0.320 e. The van der Waals surface area contributed by atoms with E-state index in [4.69, 9.17) is 14.2 Å². The topological polar surface area (TPSA) is 83.6 Å². The van der Waals surface area contributed by atoms with Crippen LogP contribution in [0.5, 0.6) is 11.5 Å². The quantitative estimate of drug-likeness (QED) is 0.393. The molecule has 3 fully saturated rings. The van der Waals surface area contributed by atoms with E-state index in [0.717, 1.165) is 64.8 Å². The van der Waals surface area contributed by atoms with Gasteiger partial charge < -0.3 is 34.2 Å². The predicted molar refractivity (Wildman–Crippen MR) is 147 cm³/mol. The van der Waals surface area contributed by atoms with Gasteiger partial charge in [-0.25, -0.2) is 4.79 Å². The smallest absolute Gasteiger partial charge is 0.320 e. The third-order valence-electron chi connectivity index (χ3n) is 8.00. The summed E-state index contributed by atoms with van der Waals surface area (Å²) in [6.45, 7) is 10.1. The van der Waals surface area contributed by atoms with Crippen molar-refractivity contribution in [1.29, 1.82) is 0 Å². The summed E-state index contributed by atoms with van der Waals surface area (Å²) in [6.07, 6.45) is 5.18. The Morgan fingerprint density at radius 2 is 1.74 bits per heavy atom. The zero-order chi connectivity index (χ0) is 27.1. The average Bonchev–Trinajstić information content (AvgIpc) is 3.41. The molecule has 1 aromatic rings. The van der Waals surface area contributed by atoms with Gasteiger partial charge >= 0.3 is 6.03 Å². The van der Waals surface area contributed by atoms with E-state index >= 15 is 0 Å². The fraction of sp³-hybridized carbons (Fsp3) is 0.724. The molecule has 2 saturated heterocycles. The van der Waals surface area contributed by atoms with Crippen molar-refractivity contribution >= 4 is 11.9 Å². The molecule has 1 aromatic carbocycles. The number of urea groups is 1. The van der Waals surface area contributed by atoms with Crippen molar-refractivity contribution in [3.63, 3.8) is 0 Å². The van der Waals surface area contributed by atoms with Crippen LogP contribution in [0.15, 0.2) is 18.2 Å². The van der Waals surface area contributed by atoms with E-state index in [1.165, 1.54) is 0 Å². The monoisotopic (exact) mass is 530 g/mol. The Morgan fingerprint density at radius 1 is 1.03 bits per heavy atom. The molecule has 9 nitrogen and oxygen atoms in total. The van der Waals surface area contributed by atoms with Gasteiger partial charge in [-0.2, -0.15) is 0 Å². The summed E-state index contributed by atoms with van der Waals surface area (Å²) in [5.74, 6) is 1.78. The molecule has 4 rings (SSSR count). The lowest BCUT2D eigenvalue weighted by Gasteiger charge is -2.35. The summed E-state index contributed by atoms with van der Waals surface area (Å²) >= 11 is 0. The highest BCUT2D eigenvalue weighted by atomic mass is 16.5. The zero-order valence-electron chi connectivity index (χ0n) is 23.6. The summed E-state index contributed by atoms with van der Waals surface area (Å²) in [5.41, 5.74) is 0.590. The number of amides is 3. The molecule has 2 aliphatic heterocycles. The van der Waals surface area contributed by atoms with E-state index in [1.54, 1.807) is 26.4 Å². The molecule has 1 saturated carbocycles. The first-order valence-corrected chi connectivity index (χ1v) is 14.3. The summed E-state index contributed by atoms with van der Waals surface area (Å²) in [6, 6.07) is 6.04. The average molecular weight is 531 g/mol. The van der Waals surface area contributed by atoms with Crippen molar-refractivity contribution in [1.82, 2.24) is 20.0 Å². The first-order valence-electron chi connectivity index (χ1n) is 14.3. The van der Waals surface area contributed by atoms with Crippen molar-refractivity contribution in [2.75, 3.05) is 66.7 Å². The summed E-state index contributed by atoms with van der Waals surface area (Å²) < 4.78 is 16.5. The lowest BCUT2D eigenvalue weighted by atomic mass is 9.94. The van der Waals surface area contributed by atoms with Crippen molar-refractivity contribution < 1.29 is 23.8 Å². The Bertz CT molecular complexity index is 932. The third-order valence-corrected chi connectivity index (χ3v) is 8.00. The largest absolute Gasteiger partial charge is 0.493 e. The van der Waals surface area contributed by atoms with Crippen LogP contribution in [0.1, 0.15) is 56.3 Å². The second kappa shape index (κ2) is 13.5. The van der Waals surface area contributed by atoms with Crippen LogP contribution >= 0.6 is 0 Å². The Labute approximate surface area is 227 Å². The van der Waals surface area contributed by atoms with Crippen LogP contribution in [0.4, 0.5) is 4.79 Å². The highest BCUT2D eigenvalue weighted by molar-refractivity contribution is 5.95. The highest BCUT2D eigenvalue weighted by Crippen LogP contribution is 2.33. The highest BCUT2D eigenvalue weighted by Gasteiger charge is 2.40. The summed E-state index contributed by atoms with van der Waals surface area (Å²) in [5, 5.41) is 3.54. The molecule has 38 heavy (non-hydrogen) atoms. The number of carbonyl (C=O) groups is 2. The van der Waals surface area contributed by atoms with Gasteiger partial charge in [0.2, 0.25) is 0 Å². The summed E-state index contributed by atoms with van der Waals surface area (Å²) in [7, 11) is 3.27. The minimum atomic E-state index is -0.0118. The Hall–Kier alpha value is -2.52. The molecular weight excluding hydrogens is 484 g/mol. The SMILES string of the molecule is COCCCOc1cc(C(=O)N(C[C@@H]2CNC[C@H]2CN(C(=O)N2CCCC2)C2CC2)C(C)C)ccc1OC. The molecule has 9 heteroatoms. The number of hydrogen-bond donors (Lipinski definition) is 1. The van der Waals surface area contributed by atoms with Gasteiger partial charge in [0.1, 0.15) is 0 Å². The van der Waals surface area contributed by atoms with Gasteiger partial charge in [0.15, 0.2) is 11.5 Å². The van der Waals surface area contributed by atoms with E-state index < -0.39 is 0 Å². The molecular formula is C29H46N4O5.